The van der Waals surface area contributed by atoms with E-state index >= 15 is 0 Å². The summed E-state index contributed by atoms with van der Waals surface area (Å²) >= 11 is 0. The number of carbonyl (C=O) groups is 1. The standard InChI is InChI=1S/C17H18N2O4S/c1-3-19-16-9-4-13(10-12(16)11-17(19)20)18-24(21,22)15-7-5-14(23-2)6-8-15/h4-10,18H,3,11H2,1-2H3. The fraction of sp³-hybridized carbons (Fsp3) is 0.235. The van der Waals surface area contributed by atoms with E-state index in [9.17, 15) is 13.2 Å². The Morgan fingerprint density at radius 2 is 1.88 bits per heavy atom. The zero-order valence-electron chi connectivity index (χ0n) is 13.4. The second-order valence-corrected chi connectivity index (χ2v) is 7.12. The molecule has 0 atom stereocenters. The molecule has 24 heavy (non-hydrogen) atoms. The van der Waals surface area contributed by atoms with Crippen molar-refractivity contribution in [2.75, 3.05) is 23.3 Å². The molecule has 1 aliphatic rings. The molecule has 1 N–H and O–H groups in total. The van der Waals surface area contributed by atoms with E-state index < -0.39 is 10.0 Å². The Labute approximate surface area is 141 Å². The highest BCUT2D eigenvalue weighted by Crippen LogP contribution is 2.31. The van der Waals surface area contributed by atoms with Crippen LogP contribution < -0.4 is 14.4 Å². The van der Waals surface area contributed by atoms with Gasteiger partial charge in [0.15, 0.2) is 0 Å². The smallest absolute Gasteiger partial charge is 0.261 e. The number of hydrogen-bond acceptors (Lipinski definition) is 4. The molecule has 0 aliphatic carbocycles. The van der Waals surface area contributed by atoms with Crippen molar-refractivity contribution in [2.24, 2.45) is 0 Å². The first-order chi connectivity index (χ1) is 11.4. The Morgan fingerprint density at radius 3 is 2.50 bits per heavy atom. The Kier molecular flexibility index (Phi) is 4.19. The van der Waals surface area contributed by atoms with Crippen LogP contribution in [0.4, 0.5) is 11.4 Å². The number of amides is 1. The molecule has 0 saturated heterocycles. The van der Waals surface area contributed by atoms with Crippen molar-refractivity contribution in [1.82, 2.24) is 0 Å². The number of sulfonamides is 1. The average molecular weight is 346 g/mol. The van der Waals surface area contributed by atoms with Gasteiger partial charge in [0.1, 0.15) is 5.75 Å². The van der Waals surface area contributed by atoms with Crippen LogP contribution in [0.1, 0.15) is 12.5 Å². The van der Waals surface area contributed by atoms with Gasteiger partial charge in [-0.2, -0.15) is 0 Å². The lowest BCUT2D eigenvalue weighted by Gasteiger charge is -2.15. The largest absolute Gasteiger partial charge is 0.497 e. The van der Waals surface area contributed by atoms with Gasteiger partial charge in [-0.3, -0.25) is 9.52 Å². The average Bonchev–Trinajstić information content (AvgIpc) is 2.88. The molecule has 0 bridgehead atoms. The summed E-state index contributed by atoms with van der Waals surface area (Å²) in [6, 6.07) is 11.3. The van der Waals surface area contributed by atoms with Crippen molar-refractivity contribution in [3.05, 3.63) is 48.0 Å². The van der Waals surface area contributed by atoms with Crippen LogP contribution in [0.2, 0.25) is 0 Å². The van der Waals surface area contributed by atoms with Gasteiger partial charge < -0.3 is 9.64 Å². The molecule has 6 nitrogen and oxygen atoms in total. The lowest BCUT2D eigenvalue weighted by molar-refractivity contribution is -0.117. The van der Waals surface area contributed by atoms with Crippen molar-refractivity contribution >= 4 is 27.3 Å². The van der Waals surface area contributed by atoms with Crippen molar-refractivity contribution in [2.45, 2.75) is 18.2 Å². The highest BCUT2D eigenvalue weighted by molar-refractivity contribution is 7.92. The van der Waals surface area contributed by atoms with Gasteiger partial charge in [0, 0.05) is 17.9 Å². The third kappa shape index (κ3) is 2.94. The zero-order valence-corrected chi connectivity index (χ0v) is 14.3. The monoisotopic (exact) mass is 346 g/mol. The maximum atomic E-state index is 12.5. The highest BCUT2D eigenvalue weighted by atomic mass is 32.2. The molecule has 1 heterocycles. The van der Waals surface area contributed by atoms with E-state index in [4.69, 9.17) is 4.74 Å². The third-order valence-corrected chi connectivity index (χ3v) is 5.35. The number of benzene rings is 2. The summed E-state index contributed by atoms with van der Waals surface area (Å²) in [5, 5.41) is 0. The number of likely N-dealkylation sites (N-methyl/N-ethyl adjacent to an activating group) is 1. The van der Waals surface area contributed by atoms with E-state index in [-0.39, 0.29) is 10.8 Å². The third-order valence-electron chi connectivity index (χ3n) is 3.95. The molecule has 3 rings (SSSR count). The molecule has 0 fully saturated rings. The van der Waals surface area contributed by atoms with Gasteiger partial charge in [0.25, 0.3) is 10.0 Å². The minimum atomic E-state index is -3.69. The van der Waals surface area contributed by atoms with Gasteiger partial charge >= 0.3 is 0 Å². The number of methoxy groups -OCH3 is 1. The number of nitrogens with zero attached hydrogens (tertiary/aromatic N) is 1. The van der Waals surface area contributed by atoms with Crippen LogP contribution in [0.5, 0.6) is 5.75 Å². The number of carbonyl (C=O) groups excluding carboxylic acids is 1. The van der Waals surface area contributed by atoms with Crippen LogP contribution in [0.15, 0.2) is 47.4 Å². The molecular formula is C17H18N2O4S. The number of nitrogens with one attached hydrogen (secondary N) is 1. The maximum Gasteiger partial charge on any atom is 0.261 e. The van der Waals surface area contributed by atoms with E-state index in [1.54, 1.807) is 35.2 Å². The highest BCUT2D eigenvalue weighted by Gasteiger charge is 2.26. The Bertz CT molecular complexity index is 876. The number of fused-ring (bicyclic) bond motifs is 1. The molecule has 0 spiro atoms. The SMILES string of the molecule is CCN1C(=O)Cc2cc(NS(=O)(=O)c3ccc(OC)cc3)ccc21. The van der Waals surface area contributed by atoms with E-state index in [0.29, 0.717) is 24.4 Å². The predicted octanol–water partition coefficient (Wildman–Crippen LogP) is 2.41. The normalized spacial score (nSPS) is 13.8. The van der Waals surface area contributed by atoms with E-state index in [2.05, 4.69) is 4.72 Å². The van der Waals surface area contributed by atoms with Crippen molar-refractivity contribution in [3.63, 3.8) is 0 Å². The molecule has 1 aliphatic heterocycles. The number of rotatable bonds is 5. The molecule has 2 aromatic carbocycles. The van der Waals surface area contributed by atoms with Crippen molar-refractivity contribution < 1.29 is 17.9 Å². The summed E-state index contributed by atoms with van der Waals surface area (Å²) in [6.45, 7) is 2.51. The minimum Gasteiger partial charge on any atom is -0.497 e. The number of hydrogen-bond donors (Lipinski definition) is 1. The summed E-state index contributed by atoms with van der Waals surface area (Å²) in [5.41, 5.74) is 2.11. The summed E-state index contributed by atoms with van der Waals surface area (Å²) in [7, 11) is -2.17. The van der Waals surface area contributed by atoms with Gasteiger partial charge in [-0.25, -0.2) is 8.42 Å². The first kappa shape index (κ1) is 16.3. The summed E-state index contributed by atoms with van der Waals surface area (Å²) < 4.78 is 32.5. The van der Waals surface area contributed by atoms with Gasteiger partial charge in [-0.05, 0) is 55.0 Å². The van der Waals surface area contributed by atoms with E-state index in [1.165, 1.54) is 19.2 Å². The quantitative estimate of drug-likeness (QED) is 0.902. The lowest BCUT2D eigenvalue weighted by atomic mass is 10.1. The topological polar surface area (TPSA) is 75.7 Å². The number of anilines is 2. The van der Waals surface area contributed by atoms with Gasteiger partial charge in [-0.15, -0.1) is 0 Å². The molecular weight excluding hydrogens is 328 g/mol. The van der Waals surface area contributed by atoms with Crippen LogP contribution in [0, 0.1) is 0 Å². The summed E-state index contributed by atoms with van der Waals surface area (Å²) in [6.07, 6.45) is 0.293. The molecule has 126 valence electrons. The van der Waals surface area contributed by atoms with Crippen LogP contribution in [-0.2, 0) is 21.2 Å². The summed E-state index contributed by atoms with van der Waals surface area (Å²) in [4.78, 5) is 13.8. The van der Waals surface area contributed by atoms with Crippen LogP contribution in [0.25, 0.3) is 0 Å². The van der Waals surface area contributed by atoms with E-state index in [0.717, 1.165) is 11.3 Å². The lowest BCUT2D eigenvalue weighted by Crippen LogP contribution is -2.25. The Balaban J connectivity index is 1.86. The molecule has 0 aromatic heterocycles. The van der Waals surface area contributed by atoms with Crippen molar-refractivity contribution in [3.8, 4) is 5.75 Å². The van der Waals surface area contributed by atoms with Crippen LogP contribution in [-0.4, -0.2) is 28.0 Å². The number of ether oxygens (including phenoxy) is 1. The van der Waals surface area contributed by atoms with E-state index in [1.807, 2.05) is 6.92 Å². The minimum absolute atomic E-state index is 0.0302. The van der Waals surface area contributed by atoms with Crippen LogP contribution >= 0.6 is 0 Å². The summed E-state index contributed by atoms with van der Waals surface area (Å²) in [5.74, 6) is 0.618. The fourth-order valence-corrected chi connectivity index (χ4v) is 3.81. The first-order valence-electron chi connectivity index (χ1n) is 7.55. The van der Waals surface area contributed by atoms with Gasteiger partial charge in [0.2, 0.25) is 5.91 Å². The van der Waals surface area contributed by atoms with Crippen LogP contribution in [0.3, 0.4) is 0 Å². The predicted molar refractivity (Wildman–Crippen MR) is 92.0 cm³/mol. The van der Waals surface area contributed by atoms with Gasteiger partial charge in [0.05, 0.1) is 18.4 Å². The molecule has 2 aromatic rings. The molecule has 0 saturated carbocycles. The second-order valence-electron chi connectivity index (χ2n) is 5.44. The van der Waals surface area contributed by atoms with Gasteiger partial charge in [-0.1, -0.05) is 0 Å². The van der Waals surface area contributed by atoms with Crippen molar-refractivity contribution in [1.29, 1.82) is 0 Å². The Hall–Kier alpha value is -2.54. The second kappa shape index (κ2) is 6.16. The Morgan fingerprint density at radius 1 is 1.17 bits per heavy atom. The molecule has 0 radical (unpaired) electrons. The molecule has 0 unspecified atom stereocenters. The maximum absolute atomic E-state index is 12.5. The molecule has 1 amide bonds. The molecule has 7 heteroatoms. The fourth-order valence-electron chi connectivity index (χ4n) is 2.76. The first-order valence-corrected chi connectivity index (χ1v) is 9.03. The zero-order chi connectivity index (χ0) is 17.3.